The van der Waals surface area contributed by atoms with Crippen molar-refractivity contribution in [2.75, 3.05) is 6.54 Å². The highest BCUT2D eigenvalue weighted by Crippen LogP contribution is 2.27. The number of nitrogens with one attached hydrogen (secondary N) is 1. The highest BCUT2D eigenvalue weighted by Gasteiger charge is 2.14. The van der Waals surface area contributed by atoms with E-state index in [1.54, 1.807) is 11.8 Å². The van der Waals surface area contributed by atoms with Crippen LogP contribution in [-0.2, 0) is 12.3 Å². The fraction of sp³-hybridized carbons (Fsp3) is 0.292. The van der Waals surface area contributed by atoms with Crippen LogP contribution < -0.4 is 5.32 Å². The minimum Gasteiger partial charge on any atom is -0.352 e. The van der Waals surface area contributed by atoms with Crippen molar-refractivity contribution >= 4 is 17.7 Å². The summed E-state index contributed by atoms with van der Waals surface area (Å²) in [5.41, 5.74) is 4.00. The number of rotatable bonds is 9. The number of thioether (sulfide) groups is 1. The van der Waals surface area contributed by atoms with Crippen LogP contribution in [0.15, 0.2) is 66.3 Å². The summed E-state index contributed by atoms with van der Waals surface area (Å²) < 4.78 is 2.07. The number of allylic oxidation sites excluding steroid dienone is 1. The lowest BCUT2D eigenvalue weighted by Crippen LogP contribution is -2.27. The van der Waals surface area contributed by atoms with E-state index in [4.69, 9.17) is 0 Å². The van der Waals surface area contributed by atoms with E-state index >= 15 is 0 Å². The van der Waals surface area contributed by atoms with Crippen molar-refractivity contribution in [3.63, 3.8) is 0 Å². The number of hydrogen-bond acceptors (Lipinski definition) is 4. The summed E-state index contributed by atoms with van der Waals surface area (Å²) in [6.07, 6.45) is 1.85. The van der Waals surface area contributed by atoms with Gasteiger partial charge in [-0.25, -0.2) is 0 Å². The molecule has 1 heterocycles. The Labute approximate surface area is 182 Å². The average Bonchev–Trinajstić information content (AvgIpc) is 3.14. The molecule has 0 radical (unpaired) electrons. The molecule has 30 heavy (non-hydrogen) atoms. The minimum atomic E-state index is -0.0352. The smallest absolute Gasteiger partial charge is 0.251 e. The van der Waals surface area contributed by atoms with Crippen molar-refractivity contribution < 1.29 is 4.79 Å². The van der Waals surface area contributed by atoms with E-state index in [9.17, 15) is 4.79 Å². The molecule has 0 bridgehead atoms. The quantitative estimate of drug-likeness (QED) is 0.386. The zero-order valence-corrected chi connectivity index (χ0v) is 18.6. The first-order valence-corrected chi connectivity index (χ1v) is 11.1. The Morgan fingerprint density at radius 2 is 1.97 bits per heavy atom. The molecule has 2 aromatic carbocycles. The van der Waals surface area contributed by atoms with Gasteiger partial charge >= 0.3 is 0 Å². The standard InChI is InChI=1S/C24H28N4OS/c1-5-13-28-22(20-11-9-18(4)10-12-20)26-27-24(28)30-16-19-7-6-8-21(14-19)23(29)25-15-17(2)3/h5-12,14,17H,1,13,15-16H2,2-4H3,(H,25,29). The molecule has 0 spiro atoms. The maximum absolute atomic E-state index is 12.3. The Hall–Kier alpha value is -2.86. The maximum Gasteiger partial charge on any atom is 0.251 e. The van der Waals surface area contributed by atoms with Gasteiger partial charge in [-0.05, 0) is 30.5 Å². The predicted molar refractivity (Wildman–Crippen MR) is 124 cm³/mol. The van der Waals surface area contributed by atoms with Gasteiger partial charge in [-0.2, -0.15) is 0 Å². The Morgan fingerprint density at radius 3 is 2.67 bits per heavy atom. The zero-order chi connectivity index (χ0) is 21.5. The molecular formula is C24H28N4OS. The van der Waals surface area contributed by atoms with Crippen LogP contribution in [0.4, 0.5) is 0 Å². The van der Waals surface area contributed by atoms with E-state index in [1.165, 1.54) is 5.56 Å². The lowest BCUT2D eigenvalue weighted by Gasteiger charge is -2.10. The summed E-state index contributed by atoms with van der Waals surface area (Å²) in [6.45, 7) is 11.4. The SMILES string of the molecule is C=CCn1c(SCc2cccc(C(=O)NCC(C)C)c2)nnc1-c1ccc(C)cc1. The summed E-state index contributed by atoms with van der Waals surface area (Å²) in [7, 11) is 0. The fourth-order valence-electron chi connectivity index (χ4n) is 2.95. The van der Waals surface area contributed by atoms with Gasteiger partial charge in [-0.15, -0.1) is 16.8 Å². The third kappa shape index (κ3) is 5.60. The van der Waals surface area contributed by atoms with E-state index in [1.807, 2.05) is 30.3 Å². The molecular weight excluding hydrogens is 392 g/mol. The molecule has 1 aromatic heterocycles. The van der Waals surface area contributed by atoms with E-state index in [0.717, 1.165) is 22.1 Å². The lowest BCUT2D eigenvalue weighted by atomic mass is 10.1. The molecule has 0 aliphatic carbocycles. The first-order chi connectivity index (χ1) is 14.5. The number of amides is 1. The molecule has 0 aliphatic heterocycles. The summed E-state index contributed by atoms with van der Waals surface area (Å²) >= 11 is 1.61. The second-order valence-electron chi connectivity index (χ2n) is 7.66. The van der Waals surface area contributed by atoms with Gasteiger partial charge in [0.1, 0.15) is 0 Å². The molecule has 0 unspecified atom stereocenters. The van der Waals surface area contributed by atoms with Crippen molar-refractivity contribution in [3.05, 3.63) is 77.9 Å². The molecule has 6 heteroatoms. The Morgan fingerprint density at radius 1 is 1.20 bits per heavy atom. The monoisotopic (exact) mass is 420 g/mol. The Balaban J connectivity index is 1.74. The highest BCUT2D eigenvalue weighted by molar-refractivity contribution is 7.98. The van der Waals surface area contributed by atoms with E-state index < -0.39 is 0 Å². The van der Waals surface area contributed by atoms with Crippen molar-refractivity contribution in [1.82, 2.24) is 20.1 Å². The fourth-order valence-corrected chi connectivity index (χ4v) is 3.85. The van der Waals surface area contributed by atoms with Gasteiger partial charge in [-0.3, -0.25) is 9.36 Å². The molecule has 0 saturated heterocycles. The largest absolute Gasteiger partial charge is 0.352 e. The maximum atomic E-state index is 12.3. The van der Waals surface area contributed by atoms with E-state index in [0.29, 0.717) is 30.3 Å². The van der Waals surface area contributed by atoms with Crippen LogP contribution in [0.3, 0.4) is 0 Å². The number of aromatic nitrogens is 3. The summed E-state index contributed by atoms with van der Waals surface area (Å²) in [6, 6.07) is 16.0. The third-order valence-electron chi connectivity index (χ3n) is 4.57. The molecule has 1 N–H and O–H groups in total. The molecule has 0 saturated carbocycles. The van der Waals surface area contributed by atoms with E-state index in [-0.39, 0.29) is 5.91 Å². The van der Waals surface area contributed by atoms with Crippen LogP contribution in [0, 0.1) is 12.8 Å². The number of hydrogen-bond donors (Lipinski definition) is 1. The van der Waals surface area contributed by atoms with Gasteiger partial charge in [0.2, 0.25) is 0 Å². The zero-order valence-electron chi connectivity index (χ0n) is 17.8. The molecule has 3 rings (SSSR count). The number of nitrogens with zero attached hydrogens (tertiary/aromatic N) is 3. The van der Waals surface area contributed by atoms with Gasteiger partial charge < -0.3 is 5.32 Å². The van der Waals surface area contributed by atoms with Crippen LogP contribution in [0.25, 0.3) is 11.4 Å². The third-order valence-corrected chi connectivity index (χ3v) is 5.60. The number of carbonyl (C=O) groups is 1. The second kappa shape index (κ2) is 10.3. The number of aryl methyl sites for hydroxylation is 1. The lowest BCUT2D eigenvalue weighted by molar-refractivity contribution is 0.0949. The molecule has 0 atom stereocenters. The normalized spacial score (nSPS) is 10.9. The van der Waals surface area contributed by atoms with E-state index in [2.05, 4.69) is 71.7 Å². The molecule has 0 fully saturated rings. The Kier molecular flexibility index (Phi) is 7.46. The summed E-state index contributed by atoms with van der Waals surface area (Å²) in [5, 5.41) is 12.6. The van der Waals surface area contributed by atoms with Gasteiger partial charge in [0.25, 0.3) is 5.91 Å². The van der Waals surface area contributed by atoms with Crippen molar-refractivity contribution in [2.24, 2.45) is 5.92 Å². The highest BCUT2D eigenvalue weighted by atomic mass is 32.2. The Bertz CT molecular complexity index is 1010. The van der Waals surface area contributed by atoms with Gasteiger partial charge in [0.15, 0.2) is 11.0 Å². The molecule has 1 amide bonds. The van der Waals surface area contributed by atoms with Crippen molar-refractivity contribution in [1.29, 1.82) is 0 Å². The van der Waals surface area contributed by atoms with Gasteiger partial charge in [0.05, 0.1) is 0 Å². The second-order valence-corrected chi connectivity index (χ2v) is 8.61. The van der Waals surface area contributed by atoms with Crippen LogP contribution in [0.2, 0.25) is 0 Å². The topological polar surface area (TPSA) is 59.8 Å². The molecule has 0 aliphatic rings. The van der Waals surface area contributed by atoms with Gasteiger partial charge in [-0.1, -0.05) is 73.6 Å². The summed E-state index contributed by atoms with van der Waals surface area (Å²) in [4.78, 5) is 12.3. The van der Waals surface area contributed by atoms with Crippen molar-refractivity contribution in [3.8, 4) is 11.4 Å². The first-order valence-electron chi connectivity index (χ1n) is 10.1. The van der Waals surface area contributed by atoms with Crippen LogP contribution in [-0.4, -0.2) is 27.2 Å². The summed E-state index contributed by atoms with van der Waals surface area (Å²) in [5.74, 6) is 1.92. The van der Waals surface area contributed by atoms with Gasteiger partial charge in [0, 0.05) is 30.0 Å². The number of benzene rings is 2. The van der Waals surface area contributed by atoms with Crippen LogP contribution in [0.5, 0.6) is 0 Å². The molecule has 3 aromatic rings. The first kappa shape index (κ1) is 21.8. The average molecular weight is 421 g/mol. The van der Waals surface area contributed by atoms with Crippen molar-refractivity contribution in [2.45, 2.75) is 38.2 Å². The number of carbonyl (C=O) groups excluding carboxylic acids is 1. The minimum absolute atomic E-state index is 0.0352. The van der Waals surface area contributed by atoms with Crippen LogP contribution in [0.1, 0.15) is 35.3 Å². The molecule has 5 nitrogen and oxygen atoms in total. The molecule has 156 valence electrons. The predicted octanol–water partition coefficient (Wildman–Crippen LogP) is 5.12. The van der Waals surface area contributed by atoms with Crippen LogP contribution >= 0.6 is 11.8 Å².